The Morgan fingerprint density at radius 2 is 2.00 bits per heavy atom. The number of ether oxygens (including phenoxy) is 1. The van der Waals surface area contributed by atoms with Gasteiger partial charge in [0.15, 0.2) is 0 Å². The molecule has 2 N–H and O–H groups in total. The third-order valence-corrected chi connectivity index (χ3v) is 4.61. The van der Waals surface area contributed by atoms with Gasteiger partial charge in [0, 0.05) is 15.6 Å². The lowest BCUT2D eigenvalue weighted by molar-refractivity contribution is 0.0955. The van der Waals surface area contributed by atoms with Gasteiger partial charge in [0.1, 0.15) is 11.4 Å². The first-order valence-corrected chi connectivity index (χ1v) is 8.25. The fourth-order valence-electron chi connectivity index (χ4n) is 3.01. The fourth-order valence-corrected chi connectivity index (χ4v) is 3.42. The van der Waals surface area contributed by atoms with E-state index in [9.17, 15) is 4.79 Å². The van der Waals surface area contributed by atoms with E-state index in [-0.39, 0.29) is 11.9 Å². The van der Waals surface area contributed by atoms with E-state index in [4.69, 9.17) is 4.74 Å². The summed E-state index contributed by atoms with van der Waals surface area (Å²) in [6.45, 7) is 0. The monoisotopic (exact) mass is 383 g/mol. The molecule has 1 aliphatic rings. The number of benzene rings is 2. The second-order valence-corrected chi connectivity index (χ2v) is 6.47. The summed E-state index contributed by atoms with van der Waals surface area (Å²) < 4.78 is 6.26. The zero-order valence-electron chi connectivity index (χ0n) is 12.8. The zero-order chi connectivity index (χ0) is 16.7. The van der Waals surface area contributed by atoms with Crippen LogP contribution < -0.4 is 10.1 Å². The number of nitrogens with zero attached hydrogens (tertiary/aromatic N) is 1. The molecule has 4 rings (SSSR count). The van der Waals surface area contributed by atoms with Gasteiger partial charge >= 0.3 is 0 Å². The Bertz CT molecular complexity index is 936. The third-order valence-electron chi connectivity index (χ3n) is 4.12. The van der Waals surface area contributed by atoms with E-state index in [0.717, 1.165) is 32.6 Å². The molecule has 0 fully saturated rings. The molecule has 3 aromatic rings. The van der Waals surface area contributed by atoms with Crippen molar-refractivity contribution in [2.24, 2.45) is 0 Å². The van der Waals surface area contributed by atoms with Crippen molar-refractivity contribution in [3.05, 3.63) is 69.8 Å². The Balaban J connectivity index is 1.86. The van der Waals surface area contributed by atoms with Crippen LogP contribution in [0.25, 0.3) is 11.3 Å². The number of amides is 1. The Kier molecular flexibility index (Phi) is 3.61. The number of aromatic amines is 1. The second kappa shape index (κ2) is 5.79. The van der Waals surface area contributed by atoms with Gasteiger partial charge < -0.3 is 10.1 Å². The number of H-pyrrole nitrogens is 1. The first kappa shape index (κ1) is 15.0. The van der Waals surface area contributed by atoms with Gasteiger partial charge in [-0.25, -0.2) is 0 Å². The largest absolute Gasteiger partial charge is 0.497 e. The van der Waals surface area contributed by atoms with Gasteiger partial charge in [-0.1, -0.05) is 40.2 Å². The van der Waals surface area contributed by atoms with Gasteiger partial charge in [-0.05, 0) is 29.8 Å². The Morgan fingerprint density at radius 3 is 2.79 bits per heavy atom. The molecule has 0 spiro atoms. The number of carbonyl (C=O) groups excluding carboxylic acids is 1. The molecule has 0 saturated heterocycles. The number of nitrogens with one attached hydrogen (secondary N) is 2. The fraction of sp³-hybridized carbons (Fsp3) is 0.111. The molecular weight excluding hydrogens is 370 g/mol. The topological polar surface area (TPSA) is 67.0 Å². The number of carbonyl (C=O) groups is 1. The van der Waals surface area contributed by atoms with Crippen molar-refractivity contribution >= 4 is 21.8 Å². The molecule has 1 atom stereocenters. The molecule has 5 nitrogen and oxygen atoms in total. The zero-order valence-corrected chi connectivity index (χ0v) is 14.4. The van der Waals surface area contributed by atoms with Crippen molar-refractivity contribution in [2.75, 3.05) is 7.11 Å². The van der Waals surface area contributed by atoms with E-state index in [0.29, 0.717) is 5.69 Å². The summed E-state index contributed by atoms with van der Waals surface area (Å²) in [6.07, 6.45) is 0. The smallest absolute Gasteiger partial charge is 0.270 e. The minimum absolute atomic E-state index is 0.142. The maximum atomic E-state index is 12.3. The van der Waals surface area contributed by atoms with Gasteiger partial charge in [-0.15, -0.1) is 0 Å². The highest BCUT2D eigenvalue weighted by molar-refractivity contribution is 9.10. The molecule has 6 heteroatoms. The summed E-state index contributed by atoms with van der Waals surface area (Å²) in [5, 5.41) is 10.3. The van der Waals surface area contributed by atoms with Crippen LogP contribution in [0.15, 0.2) is 53.0 Å². The Morgan fingerprint density at radius 1 is 1.17 bits per heavy atom. The molecule has 0 unspecified atom stereocenters. The van der Waals surface area contributed by atoms with Crippen LogP contribution in [-0.4, -0.2) is 23.2 Å². The lowest BCUT2D eigenvalue weighted by Crippen LogP contribution is -2.21. The minimum Gasteiger partial charge on any atom is -0.497 e. The molecule has 0 radical (unpaired) electrons. The summed E-state index contributed by atoms with van der Waals surface area (Å²) in [5.41, 5.74) is 4.04. The summed E-state index contributed by atoms with van der Waals surface area (Å²) >= 11 is 3.48. The predicted octanol–water partition coefficient (Wildman–Crippen LogP) is 3.68. The molecule has 24 heavy (non-hydrogen) atoms. The standard InChI is InChI=1S/C18H14BrN3O2/c1-24-13-7-3-5-11(9-13)16-14-15(10-4-2-6-12(19)8-10)20-18(23)17(14)22-21-16/h2-9,15H,1H3,(H,20,23)(H,21,22)/t15-/m0/s1. The van der Waals surface area contributed by atoms with E-state index in [1.165, 1.54) is 0 Å². The first-order chi connectivity index (χ1) is 11.7. The predicted molar refractivity (Wildman–Crippen MR) is 94.0 cm³/mol. The number of fused-ring (bicyclic) bond motifs is 1. The van der Waals surface area contributed by atoms with Gasteiger partial charge in [0.05, 0.1) is 18.8 Å². The van der Waals surface area contributed by atoms with Crippen LogP contribution in [0.4, 0.5) is 0 Å². The van der Waals surface area contributed by atoms with Crippen molar-refractivity contribution in [3.8, 4) is 17.0 Å². The van der Waals surface area contributed by atoms with E-state index in [1.807, 2.05) is 48.5 Å². The van der Waals surface area contributed by atoms with E-state index >= 15 is 0 Å². The number of hydrogen-bond donors (Lipinski definition) is 2. The normalized spacial score (nSPS) is 15.9. The number of aromatic nitrogens is 2. The molecule has 1 amide bonds. The van der Waals surface area contributed by atoms with Crippen molar-refractivity contribution in [1.82, 2.24) is 15.5 Å². The third kappa shape index (κ3) is 2.39. The van der Waals surface area contributed by atoms with Gasteiger partial charge in [-0.2, -0.15) is 5.10 Å². The molecule has 0 saturated carbocycles. The van der Waals surface area contributed by atoms with Crippen LogP contribution in [-0.2, 0) is 0 Å². The van der Waals surface area contributed by atoms with Crippen LogP contribution in [0.1, 0.15) is 27.7 Å². The van der Waals surface area contributed by atoms with Crippen molar-refractivity contribution in [2.45, 2.75) is 6.04 Å². The highest BCUT2D eigenvalue weighted by Gasteiger charge is 2.35. The van der Waals surface area contributed by atoms with E-state index < -0.39 is 0 Å². The van der Waals surface area contributed by atoms with Crippen LogP contribution >= 0.6 is 15.9 Å². The van der Waals surface area contributed by atoms with Crippen molar-refractivity contribution < 1.29 is 9.53 Å². The van der Waals surface area contributed by atoms with Crippen LogP contribution in [0.2, 0.25) is 0 Å². The lowest BCUT2D eigenvalue weighted by Gasteiger charge is -2.14. The Labute approximate surface area is 147 Å². The highest BCUT2D eigenvalue weighted by Crippen LogP contribution is 2.38. The summed E-state index contributed by atoms with van der Waals surface area (Å²) in [7, 11) is 1.63. The van der Waals surface area contributed by atoms with Gasteiger partial charge in [0.25, 0.3) is 5.91 Å². The van der Waals surface area contributed by atoms with E-state index in [1.54, 1.807) is 7.11 Å². The molecular formula is C18H14BrN3O2. The van der Waals surface area contributed by atoms with Crippen molar-refractivity contribution in [1.29, 1.82) is 0 Å². The number of hydrogen-bond acceptors (Lipinski definition) is 3. The lowest BCUT2D eigenvalue weighted by atomic mass is 9.97. The Hall–Kier alpha value is -2.60. The first-order valence-electron chi connectivity index (χ1n) is 7.46. The van der Waals surface area contributed by atoms with Gasteiger partial charge in [-0.3, -0.25) is 9.89 Å². The molecule has 0 bridgehead atoms. The van der Waals surface area contributed by atoms with Crippen LogP contribution in [0.3, 0.4) is 0 Å². The average molecular weight is 384 g/mol. The highest BCUT2D eigenvalue weighted by atomic mass is 79.9. The molecule has 2 heterocycles. The summed E-state index contributed by atoms with van der Waals surface area (Å²) in [4.78, 5) is 12.3. The molecule has 0 aliphatic carbocycles. The average Bonchev–Trinajstić information content (AvgIpc) is 3.16. The molecule has 120 valence electrons. The minimum atomic E-state index is -0.232. The maximum absolute atomic E-state index is 12.3. The maximum Gasteiger partial charge on any atom is 0.270 e. The molecule has 1 aromatic heterocycles. The number of methoxy groups -OCH3 is 1. The number of rotatable bonds is 3. The molecule has 1 aliphatic heterocycles. The second-order valence-electron chi connectivity index (χ2n) is 5.55. The number of halogens is 1. The van der Waals surface area contributed by atoms with Crippen LogP contribution in [0.5, 0.6) is 5.75 Å². The van der Waals surface area contributed by atoms with Crippen molar-refractivity contribution in [3.63, 3.8) is 0 Å². The van der Waals surface area contributed by atoms with Gasteiger partial charge in [0.2, 0.25) is 0 Å². The van der Waals surface area contributed by atoms with Crippen LogP contribution in [0, 0.1) is 0 Å². The quantitative estimate of drug-likeness (QED) is 0.724. The van der Waals surface area contributed by atoms with E-state index in [2.05, 4.69) is 31.4 Å². The summed E-state index contributed by atoms with van der Waals surface area (Å²) in [6, 6.07) is 15.3. The summed E-state index contributed by atoms with van der Waals surface area (Å²) in [5.74, 6) is 0.608. The molecule has 2 aromatic carbocycles. The SMILES string of the molecule is COc1cccc(-c2n[nH]c3c2[C@H](c2cccc(Br)c2)NC3=O)c1.